The van der Waals surface area contributed by atoms with Gasteiger partial charge in [-0.15, -0.1) is 0 Å². The maximum absolute atomic E-state index is 12.6. The summed E-state index contributed by atoms with van der Waals surface area (Å²) < 4.78 is 16.3. The lowest BCUT2D eigenvalue weighted by molar-refractivity contribution is -0.134. The predicted molar refractivity (Wildman–Crippen MR) is 108 cm³/mol. The first-order valence-electron chi connectivity index (χ1n) is 9.36. The number of esters is 1. The van der Waals surface area contributed by atoms with Crippen molar-refractivity contribution in [3.05, 3.63) is 51.8 Å². The number of aromatic nitrogens is 1. The Morgan fingerprint density at radius 3 is 2.59 bits per heavy atom. The molecular formula is C21H23ClN2O5. The van der Waals surface area contributed by atoms with Gasteiger partial charge in [-0.2, -0.15) is 0 Å². The second-order valence-electron chi connectivity index (χ2n) is 6.71. The van der Waals surface area contributed by atoms with Crippen molar-refractivity contribution in [1.82, 2.24) is 9.88 Å². The number of likely N-dealkylation sites (N-methyl/N-ethyl adjacent to an activating group) is 1. The fourth-order valence-electron chi connectivity index (χ4n) is 3.11. The minimum absolute atomic E-state index is 0.0728. The molecule has 154 valence electrons. The molecule has 8 heteroatoms. The zero-order valence-electron chi connectivity index (χ0n) is 16.7. The van der Waals surface area contributed by atoms with E-state index in [1.165, 1.54) is 0 Å². The van der Waals surface area contributed by atoms with Crippen molar-refractivity contribution in [3.63, 3.8) is 0 Å². The molecule has 0 unspecified atom stereocenters. The second kappa shape index (κ2) is 9.13. The number of pyridine rings is 1. The van der Waals surface area contributed by atoms with Gasteiger partial charge in [-0.25, -0.2) is 9.78 Å². The summed E-state index contributed by atoms with van der Waals surface area (Å²) in [6.45, 7) is 6.89. The van der Waals surface area contributed by atoms with E-state index in [9.17, 15) is 9.59 Å². The van der Waals surface area contributed by atoms with E-state index in [1.54, 1.807) is 24.8 Å². The van der Waals surface area contributed by atoms with Gasteiger partial charge >= 0.3 is 5.97 Å². The summed E-state index contributed by atoms with van der Waals surface area (Å²) in [6, 6.07) is 7.32. The maximum atomic E-state index is 12.6. The van der Waals surface area contributed by atoms with Crippen LogP contribution in [-0.4, -0.2) is 48.1 Å². The van der Waals surface area contributed by atoms with Crippen LogP contribution in [0.2, 0.25) is 5.15 Å². The lowest BCUT2D eigenvalue weighted by Crippen LogP contribution is -2.34. The van der Waals surface area contributed by atoms with E-state index >= 15 is 0 Å². The van der Waals surface area contributed by atoms with Crippen LogP contribution >= 0.6 is 11.6 Å². The van der Waals surface area contributed by atoms with Crippen LogP contribution in [-0.2, 0) is 16.1 Å². The molecule has 0 N–H and O–H groups in total. The van der Waals surface area contributed by atoms with Gasteiger partial charge in [0.15, 0.2) is 18.1 Å². The molecule has 1 aliphatic rings. The third-order valence-electron chi connectivity index (χ3n) is 4.55. The van der Waals surface area contributed by atoms with Crippen LogP contribution in [0, 0.1) is 13.8 Å². The fourth-order valence-corrected chi connectivity index (χ4v) is 3.47. The van der Waals surface area contributed by atoms with Gasteiger partial charge in [0, 0.05) is 18.8 Å². The molecule has 7 nitrogen and oxygen atoms in total. The highest BCUT2D eigenvalue weighted by molar-refractivity contribution is 6.32. The average molecular weight is 419 g/mol. The van der Waals surface area contributed by atoms with E-state index in [0.717, 1.165) is 5.56 Å². The van der Waals surface area contributed by atoms with Gasteiger partial charge in [0.05, 0.1) is 5.56 Å². The Bertz CT molecular complexity index is 908. The first kappa shape index (κ1) is 20.9. The second-order valence-corrected chi connectivity index (χ2v) is 7.07. The van der Waals surface area contributed by atoms with E-state index < -0.39 is 5.97 Å². The van der Waals surface area contributed by atoms with Gasteiger partial charge in [0.25, 0.3) is 5.91 Å². The highest BCUT2D eigenvalue weighted by Gasteiger charge is 2.21. The van der Waals surface area contributed by atoms with Crippen LogP contribution < -0.4 is 9.47 Å². The van der Waals surface area contributed by atoms with Crippen LogP contribution in [0.1, 0.15) is 34.1 Å². The molecule has 0 aliphatic carbocycles. The SMILES string of the molecule is CCN(Cc1ccc2c(c1)OCCO2)C(=O)COC(=O)c1c(C)cc(C)nc1Cl. The third-order valence-corrected chi connectivity index (χ3v) is 4.82. The van der Waals surface area contributed by atoms with Crippen molar-refractivity contribution in [2.45, 2.75) is 27.3 Å². The van der Waals surface area contributed by atoms with E-state index in [2.05, 4.69) is 4.98 Å². The number of benzene rings is 1. The Labute approximate surface area is 174 Å². The quantitative estimate of drug-likeness (QED) is 0.529. The molecular weight excluding hydrogens is 396 g/mol. The van der Waals surface area contributed by atoms with Crippen LogP contribution in [0.15, 0.2) is 24.3 Å². The van der Waals surface area contributed by atoms with Crippen LogP contribution in [0.25, 0.3) is 0 Å². The summed E-state index contributed by atoms with van der Waals surface area (Å²) in [5, 5.41) is 0.0728. The molecule has 1 amide bonds. The lowest BCUT2D eigenvalue weighted by atomic mass is 10.1. The number of aryl methyl sites for hydroxylation is 2. The summed E-state index contributed by atoms with van der Waals surface area (Å²) in [4.78, 5) is 30.6. The van der Waals surface area contributed by atoms with Crippen molar-refractivity contribution in [3.8, 4) is 11.5 Å². The zero-order valence-corrected chi connectivity index (χ0v) is 17.4. The molecule has 0 spiro atoms. The number of fused-ring (bicyclic) bond motifs is 1. The molecule has 0 bridgehead atoms. The largest absolute Gasteiger partial charge is 0.486 e. The van der Waals surface area contributed by atoms with Crippen LogP contribution in [0.4, 0.5) is 0 Å². The van der Waals surface area contributed by atoms with Crippen LogP contribution in [0.3, 0.4) is 0 Å². The smallest absolute Gasteiger partial charge is 0.342 e. The molecule has 1 aliphatic heterocycles. The monoisotopic (exact) mass is 418 g/mol. The average Bonchev–Trinajstić information content (AvgIpc) is 2.69. The van der Waals surface area contributed by atoms with Gasteiger partial charge in [-0.3, -0.25) is 4.79 Å². The van der Waals surface area contributed by atoms with E-state index in [4.69, 9.17) is 25.8 Å². The zero-order chi connectivity index (χ0) is 21.0. The van der Waals surface area contributed by atoms with Gasteiger partial charge < -0.3 is 19.1 Å². The van der Waals surface area contributed by atoms with Gasteiger partial charge in [0.2, 0.25) is 0 Å². The number of nitrogens with zero attached hydrogens (tertiary/aromatic N) is 2. The first-order chi connectivity index (χ1) is 13.9. The Kier molecular flexibility index (Phi) is 6.59. The third kappa shape index (κ3) is 4.98. The number of amides is 1. The van der Waals surface area contributed by atoms with E-state index in [1.807, 2.05) is 25.1 Å². The number of carbonyl (C=O) groups excluding carboxylic acids is 2. The van der Waals surface area contributed by atoms with E-state index in [-0.39, 0.29) is 23.2 Å². The number of carbonyl (C=O) groups is 2. The number of hydrogen-bond acceptors (Lipinski definition) is 6. The summed E-state index contributed by atoms with van der Waals surface area (Å²) in [6.07, 6.45) is 0. The van der Waals surface area contributed by atoms with Crippen LogP contribution in [0.5, 0.6) is 11.5 Å². The molecule has 0 saturated carbocycles. The molecule has 0 atom stereocenters. The topological polar surface area (TPSA) is 78.0 Å². The molecule has 29 heavy (non-hydrogen) atoms. The Balaban J connectivity index is 1.62. The Morgan fingerprint density at radius 1 is 1.17 bits per heavy atom. The van der Waals surface area contributed by atoms with Crippen molar-refractivity contribution in [1.29, 1.82) is 0 Å². The molecule has 3 rings (SSSR count). The molecule has 2 aromatic rings. The highest BCUT2D eigenvalue weighted by atomic mass is 35.5. The van der Waals surface area contributed by atoms with E-state index in [0.29, 0.717) is 49.1 Å². The Hall–Kier alpha value is -2.80. The van der Waals surface area contributed by atoms with Gasteiger partial charge in [-0.05, 0) is 50.1 Å². The van der Waals surface area contributed by atoms with Crippen molar-refractivity contribution >= 4 is 23.5 Å². The number of rotatable bonds is 6. The maximum Gasteiger partial charge on any atom is 0.342 e. The molecule has 2 heterocycles. The number of ether oxygens (including phenoxy) is 3. The van der Waals surface area contributed by atoms with Crippen molar-refractivity contribution in [2.75, 3.05) is 26.4 Å². The van der Waals surface area contributed by atoms with Crippen molar-refractivity contribution < 1.29 is 23.8 Å². The minimum atomic E-state index is -0.663. The van der Waals surface area contributed by atoms with Crippen molar-refractivity contribution in [2.24, 2.45) is 0 Å². The summed E-state index contributed by atoms with van der Waals surface area (Å²) >= 11 is 6.07. The standard InChI is InChI=1S/C21H23ClN2O5/c1-4-24(11-15-5-6-16-17(10-15)28-8-7-27-16)18(25)12-29-21(26)19-13(2)9-14(3)23-20(19)22/h5-6,9-10H,4,7-8,11-12H2,1-3H3. The normalized spacial score (nSPS) is 12.4. The first-order valence-corrected chi connectivity index (χ1v) is 9.74. The summed E-state index contributed by atoms with van der Waals surface area (Å²) in [7, 11) is 0. The molecule has 0 fully saturated rings. The summed E-state index contributed by atoms with van der Waals surface area (Å²) in [5.74, 6) is 0.399. The minimum Gasteiger partial charge on any atom is -0.486 e. The van der Waals surface area contributed by atoms with Gasteiger partial charge in [0.1, 0.15) is 18.4 Å². The summed E-state index contributed by atoms with van der Waals surface area (Å²) in [5.41, 5.74) is 2.44. The molecule has 0 radical (unpaired) electrons. The number of halogens is 1. The molecule has 0 saturated heterocycles. The number of hydrogen-bond donors (Lipinski definition) is 0. The lowest BCUT2D eigenvalue weighted by Gasteiger charge is -2.23. The predicted octanol–water partition coefficient (Wildman–Crippen LogP) is 3.33. The molecule has 1 aromatic heterocycles. The Morgan fingerprint density at radius 2 is 1.90 bits per heavy atom. The molecule has 1 aromatic carbocycles. The van der Waals surface area contributed by atoms with Gasteiger partial charge in [-0.1, -0.05) is 17.7 Å². The fraction of sp³-hybridized carbons (Fsp3) is 0.381. The highest BCUT2D eigenvalue weighted by Crippen LogP contribution is 2.31.